The van der Waals surface area contributed by atoms with Crippen molar-refractivity contribution in [2.24, 2.45) is 5.92 Å². The number of benzene rings is 1. The van der Waals surface area contributed by atoms with Crippen LogP contribution in [0, 0.1) is 5.92 Å². The molecule has 0 fully saturated rings. The van der Waals surface area contributed by atoms with Gasteiger partial charge in [-0.25, -0.2) is 0 Å². The lowest BCUT2D eigenvalue weighted by atomic mass is 9.96. The molecule has 0 amide bonds. The molecule has 0 saturated carbocycles. The van der Waals surface area contributed by atoms with Gasteiger partial charge < -0.3 is 14.6 Å². The van der Waals surface area contributed by atoms with Crippen LogP contribution in [0.4, 0.5) is 0 Å². The number of Topliss-reactive ketones (excluding diaryl/α,β-unsaturated/α-hetero) is 1. The highest BCUT2D eigenvalue weighted by Gasteiger charge is 2.20. The summed E-state index contributed by atoms with van der Waals surface area (Å²) in [5.74, 6) is 0.871. The Bertz CT molecular complexity index is 396. The van der Waals surface area contributed by atoms with Crippen molar-refractivity contribution < 1.29 is 19.4 Å². The Kier molecular flexibility index (Phi) is 3.10. The lowest BCUT2D eigenvalue weighted by Gasteiger charge is -2.10. The van der Waals surface area contributed by atoms with Gasteiger partial charge in [-0.05, 0) is 24.6 Å². The number of hydrogen-bond donors (Lipinski definition) is 1. The molecule has 1 aromatic carbocycles. The first-order valence-corrected chi connectivity index (χ1v) is 5.31. The predicted octanol–water partition coefficient (Wildman–Crippen LogP) is 1.62. The Morgan fingerprint density at radius 2 is 2.19 bits per heavy atom. The van der Waals surface area contributed by atoms with E-state index in [-0.39, 0.29) is 25.1 Å². The van der Waals surface area contributed by atoms with E-state index in [1.165, 1.54) is 0 Å². The number of aliphatic hydroxyl groups excluding tert-OH is 1. The number of ketones is 1. The Morgan fingerprint density at radius 1 is 1.44 bits per heavy atom. The molecule has 4 nitrogen and oxygen atoms in total. The smallest absolute Gasteiger partial charge is 0.231 e. The van der Waals surface area contributed by atoms with Crippen LogP contribution in [-0.2, 0) is 0 Å². The third-order valence-corrected chi connectivity index (χ3v) is 2.74. The highest BCUT2D eigenvalue weighted by molar-refractivity contribution is 5.98. The standard InChI is InChI=1S/C12H14O4/c1-2-8(6-13)12(14)9-3-4-10-11(5-9)16-7-15-10/h3-5,8,13H,2,6-7H2,1H3. The van der Waals surface area contributed by atoms with E-state index in [2.05, 4.69) is 0 Å². The Balaban J connectivity index is 2.24. The van der Waals surface area contributed by atoms with E-state index in [1.807, 2.05) is 6.92 Å². The summed E-state index contributed by atoms with van der Waals surface area (Å²) in [6.45, 7) is 1.96. The summed E-state index contributed by atoms with van der Waals surface area (Å²) < 4.78 is 10.4. The second-order valence-electron chi connectivity index (χ2n) is 3.72. The molecule has 1 atom stereocenters. The summed E-state index contributed by atoms with van der Waals surface area (Å²) in [5, 5.41) is 9.07. The number of ether oxygens (including phenoxy) is 2. The highest BCUT2D eigenvalue weighted by Crippen LogP contribution is 2.33. The summed E-state index contributed by atoms with van der Waals surface area (Å²) in [6, 6.07) is 5.09. The molecule has 0 bridgehead atoms. The second-order valence-corrected chi connectivity index (χ2v) is 3.72. The molecule has 0 aliphatic carbocycles. The average Bonchev–Trinajstić information content (AvgIpc) is 2.77. The van der Waals surface area contributed by atoms with Crippen LogP contribution in [0.15, 0.2) is 18.2 Å². The second kappa shape index (κ2) is 4.53. The van der Waals surface area contributed by atoms with Crippen LogP contribution in [-0.4, -0.2) is 24.3 Å². The van der Waals surface area contributed by atoms with Gasteiger partial charge in [0.25, 0.3) is 0 Å². The van der Waals surface area contributed by atoms with E-state index in [0.29, 0.717) is 23.5 Å². The quantitative estimate of drug-likeness (QED) is 0.786. The summed E-state index contributed by atoms with van der Waals surface area (Å²) in [6.07, 6.45) is 0.629. The Morgan fingerprint density at radius 3 is 2.88 bits per heavy atom. The number of carbonyl (C=O) groups excluding carboxylic acids is 1. The van der Waals surface area contributed by atoms with Gasteiger partial charge in [0, 0.05) is 11.5 Å². The molecule has 1 aliphatic heterocycles. The van der Waals surface area contributed by atoms with Crippen LogP contribution >= 0.6 is 0 Å². The number of fused-ring (bicyclic) bond motifs is 1. The lowest BCUT2D eigenvalue weighted by molar-refractivity contribution is 0.0856. The van der Waals surface area contributed by atoms with Crippen molar-refractivity contribution in [1.82, 2.24) is 0 Å². The largest absolute Gasteiger partial charge is 0.454 e. The van der Waals surface area contributed by atoms with E-state index in [4.69, 9.17) is 14.6 Å². The molecule has 16 heavy (non-hydrogen) atoms. The van der Waals surface area contributed by atoms with Crippen molar-refractivity contribution in [3.05, 3.63) is 23.8 Å². The maximum absolute atomic E-state index is 12.0. The fraction of sp³-hybridized carbons (Fsp3) is 0.417. The minimum Gasteiger partial charge on any atom is -0.454 e. The normalized spacial score (nSPS) is 14.9. The van der Waals surface area contributed by atoms with E-state index >= 15 is 0 Å². The van der Waals surface area contributed by atoms with Crippen LogP contribution in [0.25, 0.3) is 0 Å². The monoisotopic (exact) mass is 222 g/mol. The molecule has 1 heterocycles. The zero-order valence-electron chi connectivity index (χ0n) is 9.10. The van der Waals surface area contributed by atoms with E-state index < -0.39 is 0 Å². The van der Waals surface area contributed by atoms with Crippen LogP contribution in [0.2, 0.25) is 0 Å². The van der Waals surface area contributed by atoms with Crippen molar-refractivity contribution in [2.45, 2.75) is 13.3 Å². The molecule has 0 spiro atoms. The van der Waals surface area contributed by atoms with Crippen molar-refractivity contribution >= 4 is 5.78 Å². The Hall–Kier alpha value is -1.55. The van der Waals surface area contributed by atoms with Gasteiger partial charge in [0.2, 0.25) is 6.79 Å². The zero-order valence-corrected chi connectivity index (χ0v) is 9.10. The zero-order chi connectivity index (χ0) is 11.5. The minimum absolute atomic E-state index is 0.0525. The van der Waals surface area contributed by atoms with Crippen LogP contribution < -0.4 is 9.47 Å². The van der Waals surface area contributed by atoms with Gasteiger partial charge in [-0.3, -0.25) is 4.79 Å². The SMILES string of the molecule is CCC(CO)C(=O)c1ccc2c(c1)OCO2. The van der Waals surface area contributed by atoms with Crippen molar-refractivity contribution in [3.63, 3.8) is 0 Å². The molecule has 86 valence electrons. The van der Waals surface area contributed by atoms with Crippen molar-refractivity contribution in [3.8, 4) is 11.5 Å². The van der Waals surface area contributed by atoms with Gasteiger partial charge >= 0.3 is 0 Å². The van der Waals surface area contributed by atoms with E-state index in [9.17, 15) is 4.79 Å². The first kappa shape index (κ1) is 11.0. The number of hydrogen-bond acceptors (Lipinski definition) is 4. The molecular formula is C12H14O4. The number of rotatable bonds is 4. The van der Waals surface area contributed by atoms with E-state index in [0.717, 1.165) is 0 Å². The maximum atomic E-state index is 12.0. The van der Waals surface area contributed by atoms with E-state index in [1.54, 1.807) is 18.2 Å². The van der Waals surface area contributed by atoms with Crippen molar-refractivity contribution in [1.29, 1.82) is 0 Å². The molecule has 1 N–H and O–H groups in total. The number of aliphatic hydroxyl groups is 1. The van der Waals surface area contributed by atoms with Gasteiger partial charge in [-0.15, -0.1) is 0 Å². The molecule has 1 unspecified atom stereocenters. The summed E-state index contributed by atoms with van der Waals surface area (Å²) in [4.78, 5) is 12.0. The summed E-state index contributed by atoms with van der Waals surface area (Å²) in [5.41, 5.74) is 0.560. The fourth-order valence-electron chi connectivity index (χ4n) is 1.68. The third kappa shape index (κ3) is 1.88. The van der Waals surface area contributed by atoms with Crippen LogP contribution in [0.3, 0.4) is 0 Å². The minimum atomic E-state index is -0.333. The van der Waals surface area contributed by atoms with Gasteiger partial charge in [0.1, 0.15) is 0 Å². The third-order valence-electron chi connectivity index (χ3n) is 2.74. The molecule has 4 heteroatoms. The van der Waals surface area contributed by atoms with Gasteiger partial charge in [0.15, 0.2) is 17.3 Å². The first-order valence-electron chi connectivity index (χ1n) is 5.31. The Labute approximate surface area is 93.8 Å². The molecule has 1 aromatic rings. The van der Waals surface area contributed by atoms with Gasteiger partial charge in [-0.1, -0.05) is 6.92 Å². The lowest BCUT2D eigenvalue weighted by Crippen LogP contribution is -2.17. The molecule has 0 radical (unpaired) electrons. The molecule has 0 saturated heterocycles. The molecule has 0 aromatic heterocycles. The first-order chi connectivity index (χ1) is 7.76. The fourth-order valence-corrected chi connectivity index (χ4v) is 1.68. The van der Waals surface area contributed by atoms with Crippen molar-refractivity contribution in [2.75, 3.05) is 13.4 Å². The maximum Gasteiger partial charge on any atom is 0.231 e. The number of carbonyl (C=O) groups is 1. The highest BCUT2D eigenvalue weighted by atomic mass is 16.7. The van der Waals surface area contributed by atoms with Gasteiger partial charge in [0.05, 0.1) is 6.61 Å². The topological polar surface area (TPSA) is 55.8 Å². The predicted molar refractivity (Wildman–Crippen MR) is 57.8 cm³/mol. The van der Waals surface area contributed by atoms with Crippen LogP contribution in [0.1, 0.15) is 23.7 Å². The summed E-state index contributed by atoms with van der Waals surface area (Å²) >= 11 is 0. The molecular weight excluding hydrogens is 208 g/mol. The van der Waals surface area contributed by atoms with Gasteiger partial charge in [-0.2, -0.15) is 0 Å². The average molecular weight is 222 g/mol. The molecule has 2 rings (SSSR count). The summed E-state index contributed by atoms with van der Waals surface area (Å²) in [7, 11) is 0. The van der Waals surface area contributed by atoms with Crippen LogP contribution in [0.5, 0.6) is 11.5 Å². The molecule has 1 aliphatic rings.